The number of rotatable bonds is 5. The summed E-state index contributed by atoms with van der Waals surface area (Å²) in [7, 11) is 1.68. The van der Waals surface area contributed by atoms with Crippen LogP contribution >= 0.6 is 0 Å². The summed E-state index contributed by atoms with van der Waals surface area (Å²) in [5.41, 5.74) is 1.27. The van der Waals surface area contributed by atoms with E-state index >= 15 is 0 Å². The minimum absolute atomic E-state index is 0.159. The van der Waals surface area contributed by atoms with Crippen LogP contribution in [0.5, 0.6) is 5.75 Å². The van der Waals surface area contributed by atoms with Gasteiger partial charge in [0.25, 0.3) is 0 Å². The average molecular weight is 314 g/mol. The third kappa shape index (κ3) is 4.10. The van der Waals surface area contributed by atoms with Gasteiger partial charge in [-0.05, 0) is 17.7 Å². The first-order valence-electron chi connectivity index (χ1n) is 7.83. The smallest absolute Gasteiger partial charge is 0.242 e. The first-order valence-corrected chi connectivity index (χ1v) is 7.83. The Kier molecular flexibility index (Phi) is 4.92. The second-order valence-electron chi connectivity index (χ2n) is 5.74. The van der Waals surface area contributed by atoms with Crippen molar-refractivity contribution >= 4 is 5.91 Å². The predicted octanol–water partition coefficient (Wildman–Crippen LogP) is 1.24. The Morgan fingerprint density at radius 1 is 1.17 bits per heavy atom. The average Bonchev–Trinajstić information content (AvgIpc) is 3.09. The maximum atomic E-state index is 12.2. The molecule has 0 spiro atoms. The molecular formula is C17H22N4O2. The molecule has 23 heavy (non-hydrogen) atoms. The fourth-order valence-electron chi connectivity index (χ4n) is 2.78. The standard InChI is InChI=1S/C17H22N4O2/c1-23-16-4-2-15(3-5-16)12-19-8-10-21(11-9-19)17(22)13-20-7-6-18-14-20/h2-7,14H,8-13H2,1H3. The van der Waals surface area contributed by atoms with Crippen molar-refractivity contribution in [3.8, 4) is 5.75 Å². The highest BCUT2D eigenvalue weighted by Crippen LogP contribution is 2.14. The Bertz CT molecular complexity index is 617. The molecule has 3 rings (SSSR count). The summed E-state index contributed by atoms with van der Waals surface area (Å²) in [4.78, 5) is 20.5. The molecule has 0 N–H and O–H groups in total. The number of imidazole rings is 1. The van der Waals surface area contributed by atoms with Crippen LogP contribution in [0.2, 0.25) is 0 Å². The largest absolute Gasteiger partial charge is 0.497 e. The van der Waals surface area contributed by atoms with E-state index in [1.54, 1.807) is 19.6 Å². The number of aromatic nitrogens is 2. The van der Waals surface area contributed by atoms with Gasteiger partial charge >= 0.3 is 0 Å². The van der Waals surface area contributed by atoms with Crippen LogP contribution in [0.15, 0.2) is 43.0 Å². The third-order valence-corrected chi connectivity index (χ3v) is 4.17. The molecule has 1 aliphatic rings. The fraction of sp³-hybridized carbons (Fsp3) is 0.412. The molecule has 2 aromatic rings. The van der Waals surface area contributed by atoms with Crippen LogP contribution in [0.1, 0.15) is 5.56 Å². The molecule has 1 aromatic heterocycles. The van der Waals surface area contributed by atoms with Gasteiger partial charge in [0, 0.05) is 45.1 Å². The Morgan fingerprint density at radius 3 is 2.52 bits per heavy atom. The van der Waals surface area contributed by atoms with Crippen molar-refractivity contribution < 1.29 is 9.53 Å². The monoisotopic (exact) mass is 314 g/mol. The first-order chi connectivity index (χ1) is 11.2. The SMILES string of the molecule is COc1ccc(CN2CCN(C(=O)Cn3ccnc3)CC2)cc1. The molecule has 0 radical (unpaired) electrons. The summed E-state index contributed by atoms with van der Waals surface area (Å²) in [6.07, 6.45) is 5.19. The van der Waals surface area contributed by atoms with Gasteiger partial charge in [-0.1, -0.05) is 12.1 Å². The predicted molar refractivity (Wildman–Crippen MR) is 87.1 cm³/mol. The molecule has 0 bridgehead atoms. The molecular weight excluding hydrogens is 292 g/mol. The van der Waals surface area contributed by atoms with E-state index in [9.17, 15) is 4.79 Å². The van der Waals surface area contributed by atoms with Crippen molar-refractivity contribution in [1.29, 1.82) is 0 Å². The normalized spacial score (nSPS) is 15.6. The number of hydrogen-bond donors (Lipinski definition) is 0. The van der Waals surface area contributed by atoms with Crippen molar-refractivity contribution in [1.82, 2.24) is 19.4 Å². The van der Waals surface area contributed by atoms with E-state index in [2.05, 4.69) is 22.0 Å². The number of hydrogen-bond acceptors (Lipinski definition) is 4. The van der Waals surface area contributed by atoms with Gasteiger partial charge in [-0.3, -0.25) is 9.69 Å². The Labute approximate surface area is 136 Å². The summed E-state index contributed by atoms with van der Waals surface area (Å²) in [6.45, 7) is 4.66. The lowest BCUT2D eigenvalue weighted by molar-refractivity contribution is -0.133. The molecule has 6 nitrogen and oxygen atoms in total. The Morgan fingerprint density at radius 2 is 1.91 bits per heavy atom. The highest BCUT2D eigenvalue weighted by Gasteiger charge is 2.21. The molecule has 0 unspecified atom stereocenters. The zero-order valence-corrected chi connectivity index (χ0v) is 13.4. The van der Waals surface area contributed by atoms with Crippen molar-refractivity contribution in [2.24, 2.45) is 0 Å². The summed E-state index contributed by atoms with van der Waals surface area (Å²) in [5, 5.41) is 0. The summed E-state index contributed by atoms with van der Waals surface area (Å²) >= 11 is 0. The number of carbonyl (C=O) groups excluding carboxylic acids is 1. The van der Waals surface area contributed by atoms with Crippen LogP contribution < -0.4 is 4.74 Å². The summed E-state index contributed by atoms with van der Waals surface area (Å²) in [6, 6.07) is 8.16. The quantitative estimate of drug-likeness (QED) is 0.833. The van der Waals surface area contributed by atoms with Crippen LogP contribution in [-0.2, 0) is 17.9 Å². The molecule has 0 saturated carbocycles. The van der Waals surface area contributed by atoms with Gasteiger partial charge in [0.1, 0.15) is 12.3 Å². The van der Waals surface area contributed by atoms with Crippen LogP contribution in [0.4, 0.5) is 0 Å². The van der Waals surface area contributed by atoms with Crippen LogP contribution in [0.25, 0.3) is 0 Å². The van der Waals surface area contributed by atoms with Gasteiger partial charge in [-0.25, -0.2) is 4.98 Å². The molecule has 1 fully saturated rings. The first kappa shape index (κ1) is 15.6. The van der Waals surface area contributed by atoms with Gasteiger partial charge in [0.05, 0.1) is 13.4 Å². The van der Waals surface area contributed by atoms with Crippen LogP contribution in [0, 0.1) is 0 Å². The van der Waals surface area contributed by atoms with Gasteiger partial charge in [-0.2, -0.15) is 0 Å². The lowest BCUT2D eigenvalue weighted by Crippen LogP contribution is -2.49. The number of amides is 1. The van der Waals surface area contributed by atoms with Gasteiger partial charge in [-0.15, -0.1) is 0 Å². The van der Waals surface area contributed by atoms with Crippen molar-refractivity contribution in [2.75, 3.05) is 33.3 Å². The van der Waals surface area contributed by atoms with E-state index in [1.807, 2.05) is 27.8 Å². The molecule has 0 atom stereocenters. The lowest BCUT2D eigenvalue weighted by Gasteiger charge is -2.34. The number of methoxy groups -OCH3 is 1. The second-order valence-corrected chi connectivity index (χ2v) is 5.74. The maximum absolute atomic E-state index is 12.2. The van der Waals surface area contributed by atoms with Crippen LogP contribution in [0.3, 0.4) is 0 Å². The zero-order valence-electron chi connectivity index (χ0n) is 13.4. The summed E-state index contributed by atoms with van der Waals surface area (Å²) < 4.78 is 6.99. The van der Waals surface area contributed by atoms with E-state index in [0.29, 0.717) is 6.54 Å². The van der Waals surface area contributed by atoms with Gasteiger partial charge < -0.3 is 14.2 Å². The number of piperazine rings is 1. The van der Waals surface area contributed by atoms with E-state index in [-0.39, 0.29) is 5.91 Å². The minimum Gasteiger partial charge on any atom is -0.497 e. The molecule has 122 valence electrons. The number of ether oxygens (including phenoxy) is 1. The van der Waals surface area contributed by atoms with E-state index in [0.717, 1.165) is 38.5 Å². The molecule has 1 amide bonds. The highest BCUT2D eigenvalue weighted by atomic mass is 16.5. The van der Waals surface area contributed by atoms with E-state index in [1.165, 1.54) is 5.56 Å². The van der Waals surface area contributed by atoms with Crippen molar-refractivity contribution in [3.05, 3.63) is 48.5 Å². The maximum Gasteiger partial charge on any atom is 0.242 e. The molecule has 1 aliphatic heterocycles. The lowest BCUT2D eigenvalue weighted by atomic mass is 10.2. The van der Waals surface area contributed by atoms with Gasteiger partial charge in [0.15, 0.2) is 0 Å². The number of benzene rings is 1. The minimum atomic E-state index is 0.159. The molecule has 6 heteroatoms. The van der Waals surface area contributed by atoms with Crippen LogP contribution in [-0.4, -0.2) is 58.5 Å². The Balaban J connectivity index is 1.47. The molecule has 1 aromatic carbocycles. The zero-order chi connectivity index (χ0) is 16.1. The highest BCUT2D eigenvalue weighted by molar-refractivity contribution is 5.76. The molecule has 0 aliphatic carbocycles. The number of nitrogens with zero attached hydrogens (tertiary/aromatic N) is 4. The van der Waals surface area contributed by atoms with E-state index in [4.69, 9.17) is 4.74 Å². The molecule has 2 heterocycles. The number of carbonyl (C=O) groups is 1. The second kappa shape index (κ2) is 7.28. The molecule has 1 saturated heterocycles. The Hall–Kier alpha value is -2.34. The van der Waals surface area contributed by atoms with Gasteiger partial charge in [0.2, 0.25) is 5.91 Å². The third-order valence-electron chi connectivity index (χ3n) is 4.17. The topological polar surface area (TPSA) is 50.6 Å². The van der Waals surface area contributed by atoms with Crippen molar-refractivity contribution in [3.63, 3.8) is 0 Å². The summed E-state index contributed by atoms with van der Waals surface area (Å²) in [5.74, 6) is 1.04. The van der Waals surface area contributed by atoms with Crippen molar-refractivity contribution in [2.45, 2.75) is 13.1 Å². The van der Waals surface area contributed by atoms with E-state index < -0.39 is 0 Å². The fourth-order valence-corrected chi connectivity index (χ4v) is 2.78.